The van der Waals surface area contributed by atoms with Gasteiger partial charge in [0.25, 0.3) is 11.8 Å². The smallest absolute Gasteiger partial charge is 0.255 e. The predicted molar refractivity (Wildman–Crippen MR) is 205 cm³/mol. The van der Waals surface area contributed by atoms with E-state index in [2.05, 4.69) is 31.2 Å². The average Bonchev–Trinajstić information content (AvgIpc) is 3.14. The Balaban J connectivity index is 1.16. The van der Waals surface area contributed by atoms with E-state index in [-0.39, 0.29) is 36.7 Å². The molecule has 0 aliphatic heterocycles. The number of carbonyl (C=O) groups excluding carboxylic acids is 4. The maximum Gasteiger partial charge on any atom is 0.255 e. The van der Waals surface area contributed by atoms with Crippen LogP contribution in [0.1, 0.15) is 27.1 Å². The second-order valence-electron chi connectivity index (χ2n) is 12.3. The van der Waals surface area contributed by atoms with Gasteiger partial charge in [-0.25, -0.2) is 4.98 Å². The Morgan fingerprint density at radius 3 is 2.19 bits per heavy atom. The Labute approximate surface area is 309 Å². The zero-order chi connectivity index (χ0) is 38.0. The third-order valence-corrected chi connectivity index (χ3v) is 7.44. The SMILES string of the molecule is CN(C)C/C=C/C(=O)NCCOCCOCCC(=O)Nc1cccc(C(=O)Nc2cncc(Nc3ccc(-c4ccc(C(=O)N(C)C)cc4)cn3)c2)c1. The fourth-order valence-electron chi connectivity index (χ4n) is 4.75. The van der Waals surface area contributed by atoms with Crippen LogP contribution in [0, 0.1) is 0 Å². The van der Waals surface area contributed by atoms with E-state index in [1.165, 1.54) is 17.2 Å². The van der Waals surface area contributed by atoms with Crippen molar-refractivity contribution in [2.45, 2.75) is 6.42 Å². The molecular formula is C39H46N8O6. The third-order valence-electron chi connectivity index (χ3n) is 7.44. The predicted octanol–water partition coefficient (Wildman–Crippen LogP) is 4.44. The minimum absolute atomic E-state index is 0.0581. The van der Waals surface area contributed by atoms with Crippen molar-refractivity contribution in [3.8, 4) is 11.1 Å². The highest BCUT2D eigenvalue weighted by atomic mass is 16.5. The molecule has 0 aliphatic carbocycles. The van der Waals surface area contributed by atoms with E-state index < -0.39 is 0 Å². The van der Waals surface area contributed by atoms with Crippen LogP contribution in [-0.4, -0.2) is 111 Å². The number of benzene rings is 2. The normalized spacial score (nSPS) is 11.0. The number of hydrogen-bond acceptors (Lipinski definition) is 10. The maximum atomic E-state index is 13.1. The van der Waals surface area contributed by atoms with Crippen molar-refractivity contribution in [1.29, 1.82) is 0 Å². The van der Waals surface area contributed by atoms with Crippen LogP contribution in [0.5, 0.6) is 0 Å². The van der Waals surface area contributed by atoms with Crippen LogP contribution in [0.25, 0.3) is 11.1 Å². The second kappa shape index (κ2) is 20.8. The van der Waals surface area contributed by atoms with Gasteiger partial charge in [-0.05, 0) is 68.2 Å². The van der Waals surface area contributed by atoms with Crippen molar-refractivity contribution >= 4 is 46.5 Å². The third kappa shape index (κ3) is 13.9. The maximum absolute atomic E-state index is 13.1. The van der Waals surface area contributed by atoms with E-state index in [0.29, 0.717) is 66.9 Å². The molecule has 0 aliphatic rings. The second-order valence-corrected chi connectivity index (χ2v) is 12.3. The lowest BCUT2D eigenvalue weighted by atomic mass is 10.1. The number of nitrogens with one attached hydrogen (secondary N) is 4. The van der Waals surface area contributed by atoms with E-state index in [9.17, 15) is 19.2 Å². The number of ether oxygens (including phenoxy) is 2. The number of rotatable bonds is 19. The molecule has 4 aromatic rings. The molecule has 14 nitrogen and oxygen atoms in total. The first-order valence-electron chi connectivity index (χ1n) is 17.0. The number of aromatic nitrogens is 2. The van der Waals surface area contributed by atoms with E-state index in [1.54, 1.807) is 75.0 Å². The summed E-state index contributed by atoms with van der Waals surface area (Å²) in [5, 5.41) is 11.6. The van der Waals surface area contributed by atoms with Gasteiger partial charge < -0.3 is 40.5 Å². The van der Waals surface area contributed by atoms with E-state index in [1.807, 2.05) is 43.3 Å². The summed E-state index contributed by atoms with van der Waals surface area (Å²) in [6, 6.07) is 19.5. The van der Waals surface area contributed by atoms with Crippen molar-refractivity contribution in [2.24, 2.45) is 0 Å². The molecule has 0 bridgehead atoms. The molecule has 0 saturated carbocycles. The highest BCUT2D eigenvalue weighted by Gasteiger charge is 2.11. The number of pyridine rings is 2. The van der Waals surface area contributed by atoms with E-state index in [0.717, 1.165) is 11.1 Å². The van der Waals surface area contributed by atoms with Crippen LogP contribution in [0.4, 0.5) is 22.9 Å². The molecule has 0 atom stereocenters. The quantitative estimate of drug-likeness (QED) is 0.0803. The Morgan fingerprint density at radius 1 is 0.736 bits per heavy atom. The largest absolute Gasteiger partial charge is 0.379 e. The van der Waals surface area contributed by atoms with Crippen molar-refractivity contribution < 1.29 is 28.7 Å². The topological polar surface area (TPSA) is 167 Å². The minimum atomic E-state index is -0.371. The monoisotopic (exact) mass is 722 g/mol. The molecule has 2 aromatic carbocycles. The number of anilines is 4. The highest BCUT2D eigenvalue weighted by molar-refractivity contribution is 6.05. The first kappa shape index (κ1) is 39.8. The van der Waals surface area contributed by atoms with Gasteiger partial charge in [0, 0.05) is 61.8 Å². The van der Waals surface area contributed by atoms with Gasteiger partial charge in [-0.2, -0.15) is 0 Å². The number of carbonyl (C=O) groups is 4. The summed E-state index contributed by atoms with van der Waals surface area (Å²) in [7, 11) is 7.28. The van der Waals surface area contributed by atoms with Gasteiger partial charge in [0.2, 0.25) is 11.8 Å². The van der Waals surface area contributed by atoms with Gasteiger partial charge in [-0.15, -0.1) is 0 Å². The fraction of sp³-hybridized carbons (Fsp3) is 0.282. The van der Waals surface area contributed by atoms with Crippen molar-refractivity contribution in [3.63, 3.8) is 0 Å². The Kier molecular flexibility index (Phi) is 15.6. The molecule has 0 spiro atoms. The molecular weight excluding hydrogens is 676 g/mol. The zero-order valence-corrected chi connectivity index (χ0v) is 30.4. The van der Waals surface area contributed by atoms with Crippen molar-refractivity contribution in [3.05, 3.63) is 109 Å². The van der Waals surface area contributed by atoms with Crippen LogP contribution in [0.2, 0.25) is 0 Å². The van der Waals surface area contributed by atoms with Gasteiger partial charge in [0.15, 0.2) is 0 Å². The lowest BCUT2D eigenvalue weighted by Gasteiger charge is -2.11. The molecule has 53 heavy (non-hydrogen) atoms. The summed E-state index contributed by atoms with van der Waals surface area (Å²) in [5.74, 6) is -0.269. The molecule has 14 heteroatoms. The summed E-state index contributed by atoms with van der Waals surface area (Å²) in [5.41, 5.74) is 4.36. The molecule has 4 N–H and O–H groups in total. The standard InChI is InChI=1S/C39H46N8O6/c1-46(2)18-6-9-36(48)41-17-20-53-22-21-52-19-16-37(49)44-32-8-5-7-30(23-32)38(50)45-34-24-33(26-40-27-34)43-35-15-14-31(25-42-35)28-10-12-29(13-11-28)39(51)47(3)4/h5-15,23-27H,16-22H2,1-4H3,(H,41,48)(H,42,43)(H,44,49)(H,45,50)/b9-6+. The molecule has 278 valence electrons. The molecule has 4 amide bonds. The van der Waals surface area contributed by atoms with Gasteiger partial charge in [-0.3, -0.25) is 24.2 Å². The van der Waals surface area contributed by atoms with Crippen LogP contribution < -0.4 is 21.3 Å². The number of nitrogens with zero attached hydrogens (tertiary/aromatic N) is 4. The highest BCUT2D eigenvalue weighted by Crippen LogP contribution is 2.23. The first-order valence-corrected chi connectivity index (χ1v) is 17.0. The first-order chi connectivity index (χ1) is 25.6. The molecule has 2 aromatic heterocycles. The van der Waals surface area contributed by atoms with Crippen molar-refractivity contribution in [2.75, 3.05) is 83.7 Å². The summed E-state index contributed by atoms with van der Waals surface area (Å²) in [4.78, 5) is 61.6. The molecule has 0 radical (unpaired) electrons. The molecule has 2 heterocycles. The molecule has 0 saturated heterocycles. The van der Waals surface area contributed by atoms with Crippen LogP contribution in [0.3, 0.4) is 0 Å². The average molecular weight is 723 g/mol. The number of amides is 4. The van der Waals surface area contributed by atoms with Gasteiger partial charge in [0.1, 0.15) is 5.82 Å². The lowest BCUT2D eigenvalue weighted by molar-refractivity contribution is -0.117. The Bertz CT molecular complexity index is 1850. The van der Waals surface area contributed by atoms with E-state index in [4.69, 9.17) is 9.47 Å². The van der Waals surface area contributed by atoms with Crippen molar-refractivity contribution in [1.82, 2.24) is 25.1 Å². The minimum Gasteiger partial charge on any atom is -0.379 e. The summed E-state index contributed by atoms with van der Waals surface area (Å²) in [6.07, 6.45) is 8.29. The van der Waals surface area contributed by atoms with E-state index >= 15 is 0 Å². The summed E-state index contributed by atoms with van der Waals surface area (Å²) >= 11 is 0. The lowest BCUT2D eigenvalue weighted by Crippen LogP contribution is -2.26. The number of hydrogen-bond donors (Lipinski definition) is 4. The molecule has 4 rings (SSSR count). The van der Waals surface area contributed by atoms with Gasteiger partial charge in [-0.1, -0.05) is 24.3 Å². The summed E-state index contributed by atoms with van der Waals surface area (Å²) < 4.78 is 10.9. The van der Waals surface area contributed by atoms with Crippen LogP contribution in [0.15, 0.2) is 97.5 Å². The molecule has 0 unspecified atom stereocenters. The fourth-order valence-corrected chi connectivity index (χ4v) is 4.75. The van der Waals surface area contributed by atoms with Gasteiger partial charge in [0.05, 0.1) is 56.6 Å². The van der Waals surface area contributed by atoms with Crippen LogP contribution in [-0.2, 0) is 19.1 Å². The van der Waals surface area contributed by atoms with Crippen LogP contribution >= 0.6 is 0 Å². The summed E-state index contributed by atoms with van der Waals surface area (Å²) in [6.45, 7) is 2.28. The Hall–Kier alpha value is -5.96. The molecule has 0 fully saturated rings. The van der Waals surface area contributed by atoms with Gasteiger partial charge >= 0.3 is 0 Å². The Morgan fingerprint density at radius 2 is 1.47 bits per heavy atom. The number of likely N-dealkylation sites (N-methyl/N-ethyl adjacent to an activating group) is 1. The zero-order valence-electron chi connectivity index (χ0n) is 30.4.